The van der Waals surface area contributed by atoms with Crippen LogP contribution in [0.5, 0.6) is 0 Å². The van der Waals surface area contributed by atoms with Crippen LogP contribution in [0.2, 0.25) is 0 Å². The maximum atomic E-state index is 13.8. The first-order valence-electron chi connectivity index (χ1n) is 10.6. The van der Waals surface area contributed by atoms with Crippen molar-refractivity contribution < 1.29 is 18.7 Å². The Morgan fingerprint density at radius 1 is 1.09 bits per heavy atom. The van der Waals surface area contributed by atoms with Crippen molar-refractivity contribution >= 4 is 23.2 Å². The second-order valence-corrected chi connectivity index (χ2v) is 8.69. The number of benzene rings is 1. The standard InChI is InChI=1S/C22H22FN5O3S/c23-15-4-1-5-16(14-15)28-20(18-7-3-13-32-18)24-19(25-28)22(30)27-10-8-26(9-11-27)21(29)17-6-2-12-31-17/h1,3-5,7,13-14,17H,2,6,8-12H2. The van der Waals surface area contributed by atoms with E-state index in [9.17, 15) is 14.0 Å². The van der Waals surface area contributed by atoms with Gasteiger partial charge in [-0.1, -0.05) is 12.1 Å². The van der Waals surface area contributed by atoms with Crippen LogP contribution < -0.4 is 0 Å². The molecule has 1 aromatic carbocycles. The molecule has 3 aromatic rings. The third-order valence-corrected chi connectivity index (χ3v) is 6.54. The van der Waals surface area contributed by atoms with Crippen LogP contribution in [0.4, 0.5) is 4.39 Å². The second-order valence-electron chi connectivity index (χ2n) is 7.75. The monoisotopic (exact) mass is 455 g/mol. The summed E-state index contributed by atoms with van der Waals surface area (Å²) in [6, 6.07) is 9.80. The Morgan fingerprint density at radius 3 is 2.59 bits per heavy atom. The Balaban J connectivity index is 1.35. The number of carbonyl (C=O) groups excluding carboxylic acids is 2. The number of carbonyl (C=O) groups is 2. The van der Waals surface area contributed by atoms with Crippen molar-refractivity contribution in [2.75, 3.05) is 32.8 Å². The minimum atomic E-state index is -0.393. The lowest BCUT2D eigenvalue weighted by molar-refractivity contribution is -0.142. The summed E-state index contributed by atoms with van der Waals surface area (Å²) in [5, 5.41) is 6.33. The number of aromatic nitrogens is 3. The molecule has 0 spiro atoms. The summed E-state index contributed by atoms with van der Waals surface area (Å²) >= 11 is 1.47. The predicted octanol–water partition coefficient (Wildman–Crippen LogP) is 2.60. The zero-order valence-electron chi connectivity index (χ0n) is 17.3. The first kappa shape index (κ1) is 20.8. The van der Waals surface area contributed by atoms with Crippen LogP contribution in [0, 0.1) is 5.82 Å². The van der Waals surface area contributed by atoms with E-state index in [2.05, 4.69) is 10.1 Å². The number of hydrogen-bond acceptors (Lipinski definition) is 6. The van der Waals surface area contributed by atoms with Crippen molar-refractivity contribution in [3.63, 3.8) is 0 Å². The summed E-state index contributed by atoms with van der Waals surface area (Å²) in [5.74, 6) is -0.155. The Kier molecular flexibility index (Phi) is 5.71. The van der Waals surface area contributed by atoms with Crippen molar-refractivity contribution in [3.8, 4) is 16.4 Å². The zero-order valence-corrected chi connectivity index (χ0v) is 18.1. The van der Waals surface area contributed by atoms with E-state index in [4.69, 9.17) is 4.74 Å². The molecule has 2 amide bonds. The Hall–Kier alpha value is -3.11. The maximum absolute atomic E-state index is 13.8. The Morgan fingerprint density at radius 2 is 1.91 bits per heavy atom. The van der Waals surface area contributed by atoms with Crippen molar-refractivity contribution in [2.24, 2.45) is 0 Å². The molecule has 2 fully saturated rings. The minimum absolute atomic E-state index is 0.00286. The fourth-order valence-corrected chi connectivity index (χ4v) is 4.70. The van der Waals surface area contributed by atoms with E-state index in [1.807, 2.05) is 17.5 Å². The van der Waals surface area contributed by atoms with Crippen LogP contribution >= 0.6 is 11.3 Å². The molecule has 2 saturated heterocycles. The molecule has 0 aliphatic carbocycles. The molecule has 5 rings (SSSR count). The van der Waals surface area contributed by atoms with Gasteiger partial charge in [0.25, 0.3) is 11.8 Å². The second kappa shape index (κ2) is 8.79. The van der Waals surface area contributed by atoms with Gasteiger partial charge in [-0.05, 0) is 42.5 Å². The van der Waals surface area contributed by atoms with Gasteiger partial charge in [0.2, 0.25) is 5.82 Å². The van der Waals surface area contributed by atoms with Gasteiger partial charge < -0.3 is 14.5 Å². The van der Waals surface area contributed by atoms with Gasteiger partial charge in [-0.2, -0.15) is 0 Å². The van der Waals surface area contributed by atoms with Gasteiger partial charge in [0.05, 0.1) is 10.6 Å². The number of ether oxygens (including phenoxy) is 1. The lowest BCUT2D eigenvalue weighted by Gasteiger charge is -2.35. The van der Waals surface area contributed by atoms with Gasteiger partial charge in [-0.3, -0.25) is 9.59 Å². The first-order valence-corrected chi connectivity index (χ1v) is 11.4. The van der Waals surface area contributed by atoms with Gasteiger partial charge in [-0.25, -0.2) is 14.1 Å². The van der Waals surface area contributed by atoms with Crippen molar-refractivity contribution in [3.05, 3.63) is 53.4 Å². The first-order chi connectivity index (χ1) is 15.6. The molecule has 0 N–H and O–H groups in total. The number of nitrogens with zero attached hydrogens (tertiary/aromatic N) is 5. The van der Waals surface area contributed by atoms with E-state index in [1.165, 1.54) is 28.2 Å². The average Bonchev–Trinajstić information content (AvgIpc) is 3.59. The number of hydrogen-bond donors (Lipinski definition) is 0. The predicted molar refractivity (Wildman–Crippen MR) is 116 cm³/mol. The number of piperazine rings is 1. The molecule has 1 unspecified atom stereocenters. The van der Waals surface area contributed by atoms with E-state index >= 15 is 0 Å². The molecule has 2 aromatic heterocycles. The molecule has 1 atom stereocenters. The lowest BCUT2D eigenvalue weighted by Crippen LogP contribution is -2.53. The average molecular weight is 456 g/mol. The summed E-state index contributed by atoms with van der Waals surface area (Å²) in [6.45, 7) is 2.33. The van der Waals surface area contributed by atoms with Crippen LogP contribution in [-0.4, -0.2) is 75.3 Å². The zero-order chi connectivity index (χ0) is 22.1. The third kappa shape index (κ3) is 4.03. The number of amides is 2. The molecule has 0 bridgehead atoms. The van der Waals surface area contributed by atoms with Gasteiger partial charge in [0.1, 0.15) is 11.9 Å². The largest absolute Gasteiger partial charge is 0.368 e. The summed E-state index contributed by atoms with van der Waals surface area (Å²) in [6.07, 6.45) is 1.31. The highest BCUT2D eigenvalue weighted by molar-refractivity contribution is 7.13. The molecular weight excluding hydrogens is 433 g/mol. The van der Waals surface area contributed by atoms with Crippen molar-refractivity contribution in [1.29, 1.82) is 0 Å². The molecule has 8 nitrogen and oxygen atoms in total. The normalized spacial score (nSPS) is 18.8. The van der Waals surface area contributed by atoms with Crippen LogP contribution in [0.15, 0.2) is 41.8 Å². The van der Waals surface area contributed by atoms with Crippen molar-refractivity contribution in [2.45, 2.75) is 18.9 Å². The smallest absolute Gasteiger partial charge is 0.293 e. The molecule has 0 radical (unpaired) electrons. The highest BCUT2D eigenvalue weighted by Gasteiger charge is 2.32. The summed E-state index contributed by atoms with van der Waals surface area (Å²) in [5.41, 5.74) is 0.493. The number of halogens is 1. The highest BCUT2D eigenvalue weighted by Crippen LogP contribution is 2.26. The number of thiophene rings is 1. The molecule has 10 heteroatoms. The van der Waals surface area contributed by atoms with Gasteiger partial charge in [0.15, 0.2) is 5.82 Å². The SMILES string of the molecule is O=C(c1nc(-c2cccs2)n(-c2cccc(F)c2)n1)N1CCN(C(=O)C2CCCO2)CC1. The molecule has 4 heterocycles. The maximum Gasteiger partial charge on any atom is 0.293 e. The van der Waals surface area contributed by atoms with Gasteiger partial charge in [0, 0.05) is 32.8 Å². The minimum Gasteiger partial charge on any atom is -0.368 e. The summed E-state index contributed by atoms with van der Waals surface area (Å²) in [7, 11) is 0. The summed E-state index contributed by atoms with van der Waals surface area (Å²) < 4.78 is 20.8. The molecule has 166 valence electrons. The topological polar surface area (TPSA) is 80.6 Å². The number of rotatable bonds is 4. The van der Waals surface area contributed by atoms with E-state index in [1.54, 1.807) is 21.9 Å². The Bertz CT molecular complexity index is 1120. The van der Waals surface area contributed by atoms with E-state index in [0.29, 0.717) is 44.3 Å². The van der Waals surface area contributed by atoms with Gasteiger partial charge >= 0.3 is 0 Å². The van der Waals surface area contributed by atoms with Crippen LogP contribution in [-0.2, 0) is 9.53 Å². The molecule has 32 heavy (non-hydrogen) atoms. The van der Waals surface area contributed by atoms with E-state index in [0.717, 1.165) is 17.7 Å². The van der Waals surface area contributed by atoms with Gasteiger partial charge in [-0.15, -0.1) is 16.4 Å². The fraction of sp³-hybridized carbons (Fsp3) is 0.364. The Labute approximate surface area is 188 Å². The van der Waals surface area contributed by atoms with Crippen LogP contribution in [0.25, 0.3) is 16.4 Å². The van der Waals surface area contributed by atoms with Crippen LogP contribution in [0.1, 0.15) is 23.5 Å². The lowest BCUT2D eigenvalue weighted by atomic mass is 10.2. The third-order valence-electron chi connectivity index (χ3n) is 5.68. The highest BCUT2D eigenvalue weighted by atomic mass is 32.1. The molecule has 0 saturated carbocycles. The van der Waals surface area contributed by atoms with E-state index in [-0.39, 0.29) is 23.7 Å². The quantitative estimate of drug-likeness (QED) is 0.604. The molecule has 2 aliphatic rings. The fourth-order valence-electron chi connectivity index (χ4n) is 4.00. The molecular formula is C22H22FN5O3S. The summed E-state index contributed by atoms with van der Waals surface area (Å²) in [4.78, 5) is 34.4. The van der Waals surface area contributed by atoms with E-state index < -0.39 is 5.82 Å². The molecule has 2 aliphatic heterocycles. The van der Waals surface area contributed by atoms with Crippen molar-refractivity contribution in [1.82, 2.24) is 24.6 Å². The van der Waals surface area contributed by atoms with Crippen LogP contribution in [0.3, 0.4) is 0 Å².